The number of aromatic nitrogens is 2. The molecule has 7 nitrogen and oxygen atoms in total. The number of aromatic amines is 1. The van der Waals surface area contributed by atoms with E-state index in [1.54, 1.807) is 25.2 Å². The number of ether oxygens (including phenoxy) is 2. The number of carbonyl (C=O) groups excluding carboxylic acids is 1. The van der Waals surface area contributed by atoms with Crippen LogP contribution >= 0.6 is 0 Å². The topological polar surface area (TPSA) is 70.7 Å². The number of nitrogens with one attached hydrogen (secondary N) is 1. The lowest BCUT2D eigenvalue weighted by atomic mass is 10.2. The van der Waals surface area contributed by atoms with Crippen LogP contribution in [0.3, 0.4) is 0 Å². The fourth-order valence-electron chi connectivity index (χ4n) is 3.19. The van der Waals surface area contributed by atoms with Gasteiger partial charge in [0.1, 0.15) is 11.5 Å². The minimum atomic E-state index is -0.147. The van der Waals surface area contributed by atoms with Gasteiger partial charge in [-0.25, -0.2) is 0 Å². The summed E-state index contributed by atoms with van der Waals surface area (Å²) in [5.74, 6) is 1.44. The third-order valence-corrected chi connectivity index (χ3v) is 4.71. The maximum absolute atomic E-state index is 12.9. The summed E-state index contributed by atoms with van der Waals surface area (Å²) < 4.78 is 10.6. The highest BCUT2D eigenvalue weighted by Gasteiger charge is 2.35. The predicted octanol–water partition coefficient (Wildman–Crippen LogP) is 1.97. The number of anilines is 1. The summed E-state index contributed by atoms with van der Waals surface area (Å²) in [4.78, 5) is 16.8. The summed E-state index contributed by atoms with van der Waals surface area (Å²) in [7, 11) is 5.19. The molecule has 25 heavy (non-hydrogen) atoms. The fourth-order valence-corrected chi connectivity index (χ4v) is 3.19. The van der Waals surface area contributed by atoms with Gasteiger partial charge in [-0.2, -0.15) is 5.10 Å². The Bertz CT molecular complexity index is 736. The molecular weight excluding hydrogens is 320 g/mol. The second-order valence-electron chi connectivity index (χ2n) is 6.30. The average Bonchev–Trinajstić information content (AvgIpc) is 3.20. The number of methoxy groups -OCH3 is 2. The summed E-state index contributed by atoms with van der Waals surface area (Å²) in [5, 5.41) is 6.98. The predicted molar refractivity (Wildman–Crippen MR) is 95.1 cm³/mol. The Labute approximate surface area is 147 Å². The van der Waals surface area contributed by atoms with Gasteiger partial charge >= 0.3 is 0 Å². The van der Waals surface area contributed by atoms with Crippen molar-refractivity contribution >= 4 is 11.6 Å². The first-order valence-corrected chi connectivity index (χ1v) is 8.27. The standard InChI is InChI=1S/C18H24N4O3/c1-12-13(10-19-20-12)11-21(2)17-5-6-22(18(17)23)14-7-15(24-3)9-16(8-14)25-4/h7-10,17H,5-6,11H2,1-4H3,(H,19,20)/t17-/m1/s1. The lowest BCUT2D eigenvalue weighted by Gasteiger charge is -2.24. The zero-order valence-corrected chi connectivity index (χ0v) is 15.1. The van der Waals surface area contributed by atoms with E-state index < -0.39 is 0 Å². The first-order chi connectivity index (χ1) is 12.0. The number of hydrogen-bond acceptors (Lipinski definition) is 5. The molecule has 0 unspecified atom stereocenters. The lowest BCUT2D eigenvalue weighted by Crippen LogP contribution is -2.39. The number of likely N-dealkylation sites (N-methyl/N-ethyl adjacent to an activating group) is 1. The van der Waals surface area contributed by atoms with Crippen molar-refractivity contribution in [1.82, 2.24) is 15.1 Å². The van der Waals surface area contributed by atoms with E-state index in [4.69, 9.17) is 9.47 Å². The van der Waals surface area contributed by atoms with Gasteiger partial charge in [0.2, 0.25) is 5.91 Å². The van der Waals surface area contributed by atoms with Crippen molar-refractivity contribution in [2.75, 3.05) is 32.7 Å². The van der Waals surface area contributed by atoms with Crippen molar-refractivity contribution in [1.29, 1.82) is 0 Å². The molecule has 1 aliphatic heterocycles. The molecule has 134 valence electrons. The quantitative estimate of drug-likeness (QED) is 0.868. The molecule has 2 heterocycles. The van der Waals surface area contributed by atoms with E-state index in [2.05, 4.69) is 15.1 Å². The molecule has 1 fully saturated rings. The third kappa shape index (κ3) is 3.46. The maximum Gasteiger partial charge on any atom is 0.244 e. The van der Waals surface area contributed by atoms with Gasteiger partial charge in [-0.1, -0.05) is 0 Å². The zero-order valence-electron chi connectivity index (χ0n) is 15.1. The Morgan fingerprint density at radius 2 is 1.96 bits per heavy atom. The van der Waals surface area contributed by atoms with Gasteiger partial charge in [0.25, 0.3) is 0 Å². The largest absolute Gasteiger partial charge is 0.497 e. The molecule has 3 rings (SSSR count). The van der Waals surface area contributed by atoms with Gasteiger partial charge in [-0.15, -0.1) is 0 Å². The minimum absolute atomic E-state index is 0.0963. The number of benzene rings is 1. The van der Waals surface area contributed by atoms with E-state index in [0.29, 0.717) is 24.6 Å². The smallest absolute Gasteiger partial charge is 0.244 e. The van der Waals surface area contributed by atoms with Gasteiger partial charge in [0.15, 0.2) is 0 Å². The van der Waals surface area contributed by atoms with Crippen molar-refractivity contribution in [3.05, 3.63) is 35.7 Å². The molecule has 2 aromatic rings. The molecule has 0 bridgehead atoms. The lowest BCUT2D eigenvalue weighted by molar-refractivity contribution is -0.121. The molecule has 0 spiro atoms. The van der Waals surface area contributed by atoms with E-state index in [9.17, 15) is 4.79 Å². The fraction of sp³-hybridized carbons (Fsp3) is 0.444. The Kier molecular flexibility index (Phi) is 4.94. The van der Waals surface area contributed by atoms with Gasteiger partial charge in [-0.05, 0) is 20.4 Å². The number of rotatable bonds is 6. The molecule has 1 atom stereocenters. The van der Waals surface area contributed by atoms with E-state index in [1.807, 2.05) is 32.3 Å². The van der Waals surface area contributed by atoms with E-state index in [-0.39, 0.29) is 11.9 Å². The van der Waals surface area contributed by atoms with Crippen LogP contribution in [0.2, 0.25) is 0 Å². The summed E-state index contributed by atoms with van der Waals surface area (Å²) in [6, 6.07) is 5.38. The molecular formula is C18H24N4O3. The summed E-state index contributed by atoms with van der Waals surface area (Å²) in [6.45, 7) is 3.35. The normalized spacial score (nSPS) is 17.4. The van der Waals surface area contributed by atoms with Crippen LogP contribution < -0.4 is 14.4 Å². The number of H-pyrrole nitrogens is 1. The molecule has 1 aromatic heterocycles. The van der Waals surface area contributed by atoms with Crippen LogP contribution in [0.4, 0.5) is 5.69 Å². The van der Waals surface area contributed by atoms with Crippen molar-refractivity contribution in [3.63, 3.8) is 0 Å². The van der Waals surface area contributed by atoms with Gasteiger partial charge in [0.05, 0.1) is 32.1 Å². The highest BCUT2D eigenvalue weighted by molar-refractivity contribution is 5.99. The van der Waals surface area contributed by atoms with Crippen molar-refractivity contribution < 1.29 is 14.3 Å². The summed E-state index contributed by atoms with van der Waals surface area (Å²) in [6.07, 6.45) is 2.60. The number of nitrogens with zero attached hydrogens (tertiary/aromatic N) is 3. The van der Waals surface area contributed by atoms with Crippen LogP contribution in [-0.2, 0) is 11.3 Å². The first-order valence-electron chi connectivity index (χ1n) is 8.27. The SMILES string of the molecule is COc1cc(OC)cc(N2CC[C@@H](N(C)Cc3cn[nH]c3C)C2=O)c1. The molecule has 0 aliphatic carbocycles. The molecule has 1 aliphatic rings. The Morgan fingerprint density at radius 3 is 2.52 bits per heavy atom. The highest BCUT2D eigenvalue weighted by Crippen LogP contribution is 2.32. The molecule has 1 amide bonds. The summed E-state index contributed by atoms with van der Waals surface area (Å²) >= 11 is 0. The van der Waals surface area contributed by atoms with Crippen LogP contribution in [0.25, 0.3) is 0 Å². The molecule has 0 radical (unpaired) electrons. The van der Waals surface area contributed by atoms with Crippen LogP contribution in [0.1, 0.15) is 17.7 Å². The van der Waals surface area contributed by atoms with Crippen LogP contribution in [0.5, 0.6) is 11.5 Å². The maximum atomic E-state index is 12.9. The second-order valence-corrected chi connectivity index (χ2v) is 6.30. The van der Waals surface area contributed by atoms with E-state index in [1.165, 1.54) is 0 Å². The zero-order chi connectivity index (χ0) is 18.0. The number of amides is 1. The number of aryl methyl sites for hydroxylation is 1. The molecule has 7 heteroatoms. The Morgan fingerprint density at radius 1 is 1.28 bits per heavy atom. The molecule has 0 saturated carbocycles. The molecule has 1 aromatic carbocycles. The monoisotopic (exact) mass is 344 g/mol. The van der Waals surface area contributed by atoms with Crippen LogP contribution in [0.15, 0.2) is 24.4 Å². The number of hydrogen-bond donors (Lipinski definition) is 1. The Balaban J connectivity index is 1.76. The van der Waals surface area contributed by atoms with Crippen LogP contribution in [-0.4, -0.2) is 54.9 Å². The summed E-state index contributed by atoms with van der Waals surface area (Å²) in [5.41, 5.74) is 2.94. The minimum Gasteiger partial charge on any atom is -0.497 e. The van der Waals surface area contributed by atoms with Gasteiger partial charge in [-0.3, -0.25) is 14.8 Å². The third-order valence-electron chi connectivity index (χ3n) is 4.71. The van der Waals surface area contributed by atoms with Crippen molar-refractivity contribution in [3.8, 4) is 11.5 Å². The van der Waals surface area contributed by atoms with Gasteiger partial charge in [0, 0.05) is 42.5 Å². The Hall–Kier alpha value is -2.54. The average molecular weight is 344 g/mol. The van der Waals surface area contributed by atoms with E-state index in [0.717, 1.165) is 23.4 Å². The van der Waals surface area contributed by atoms with Crippen LogP contribution in [0, 0.1) is 6.92 Å². The number of carbonyl (C=O) groups is 1. The van der Waals surface area contributed by atoms with Gasteiger partial charge < -0.3 is 14.4 Å². The molecule has 1 saturated heterocycles. The first kappa shape index (κ1) is 17.3. The van der Waals surface area contributed by atoms with Crippen molar-refractivity contribution in [2.45, 2.75) is 25.9 Å². The van der Waals surface area contributed by atoms with E-state index >= 15 is 0 Å². The van der Waals surface area contributed by atoms with Crippen molar-refractivity contribution in [2.24, 2.45) is 0 Å². The second kappa shape index (κ2) is 7.14. The molecule has 1 N–H and O–H groups in total. The highest BCUT2D eigenvalue weighted by atomic mass is 16.5.